The molecule has 8 nitrogen and oxygen atoms in total. The number of aromatic nitrogens is 2. The topological polar surface area (TPSA) is 110 Å². The lowest BCUT2D eigenvalue weighted by atomic mass is 10.1. The van der Waals surface area contributed by atoms with E-state index in [1.54, 1.807) is 24.3 Å². The van der Waals surface area contributed by atoms with Gasteiger partial charge < -0.3 is 10.5 Å². The number of rotatable bonds is 5. The maximum absolute atomic E-state index is 12.3. The fraction of sp³-hybridized carbons (Fsp3) is 0.0909. The number of aryl methyl sites for hydroxylation is 1. The molecule has 0 saturated carbocycles. The molecule has 30 heavy (non-hydrogen) atoms. The molecule has 0 saturated heterocycles. The highest BCUT2D eigenvalue weighted by molar-refractivity contribution is 5.92. The van der Waals surface area contributed by atoms with Crippen LogP contribution >= 0.6 is 0 Å². The van der Waals surface area contributed by atoms with E-state index in [1.165, 1.54) is 18.2 Å². The Kier molecular flexibility index (Phi) is 4.89. The second-order valence-electron chi connectivity index (χ2n) is 6.97. The summed E-state index contributed by atoms with van der Waals surface area (Å²) in [4.78, 5) is 27.0. The lowest BCUT2D eigenvalue weighted by molar-refractivity contribution is -0.384. The number of imidazole rings is 1. The van der Waals surface area contributed by atoms with Gasteiger partial charge in [0.25, 0.3) is 5.69 Å². The normalized spacial score (nSPS) is 10.8. The number of carbonyl (C=O) groups is 1. The molecule has 0 atom stereocenters. The van der Waals surface area contributed by atoms with E-state index in [4.69, 9.17) is 0 Å². The molecule has 0 unspecified atom stereocenters. The average molecular weight is 402 g/mol. The molecule has 3 aromatic carbocycles. The molecule has 1 heterocycles. The van der Waals surface area contributed by atoms with Crippen molar-refractivity contribution in [2.24, 2.45) is 0 Å². The Hall–Kier alpha value is -4.20. The molecule has 4 rings (SSSR count). The molecular weight excluding hydrogens is 384 g/mol. The predicted octanol–water partition coefficient (Wildman–Crippen LogP) is 4.34. The number of benzene rings is 3. The summed E-state index contributed by atoms with van der Waals surface area (Å²) in [5.74, 6) is 0.122. The van der Waals surface area contributed by atoms with E-state index in [1.807, 2.05) is 31.2 Å². The van der Waals surface area contributed by atoms with Crippen LogP contribution in [-0.4, -0.2) is 25.8 Å². The number of nitrogens with zero attached hydrogens (tertiary/aromatic N) is 3. The maximum atomic E-state index is 12.3. The number of amides is 1. The van der Waals surface area contributed by atoms with Gasteiger partial charge in [-0.05, 0) is 42.8 Å². The van der Waals surface area contributed by atoms with Gasteiger partial charge in [0.1, 0.15) is 5.52 Å². The van der Waals surface area contributed by atoms with E-state index < -0.39 is 4.92 Å². The molecule has 8 heteroatoms. The molecular formula is C22H18N4O4. The number of nitro benzene ring substituents is 1. The van der Waals surface area contributed by atoms with Crippen LogP contribution in [0.2, 0.25) is 0 Å². The van der Waals surface area contributed by atoms with Crippen molar-refractivity contribution in [2.75, 3.05) is 5.32 Å². The fourth-order valence-corrected chi connectivity index (χ4v) is 3.15. The first-order chi connectivity index (χ1) is 14.4. The molecule has 0 aliphatic heterocycles. The molecule has 1 amide bonds. The van der Waals surface area contributed by atoms with Gasteiger partial charge in [-0.2, -0.15) is 4.73 Å². The SMILES string of the molecule is Cc1ccc(CC(=O)Nc2ccc(-c3nc4ccc([N+](=O)[O-])cc4n3O)cc2)cc1. The van der Waals surface area contributed by atoms with Crippen LogP contribution in [0.25, 0.3) is 22.4 Å². The van der Waals surface area contributed by atoms with Crippen molar-refractivity contribution in [1.29, 1.82) is 0 Å². The van der Waals surface area contributed by atoms with Crippen molar-refractivity contribution in [3.8, 4) is 11.4 Å². The standard InChI is InChI=1S/C22H18N4O4/c1-14-2-4-15(5-3-14)12-21(27)23-17-8-6-16(7-9-17)22-24-19-11-10-18(26(29)30)13-20(19)25(22)28/h2-11,13,28H,12H2,1H3,(H,23,27). The summed E-state index contributed by atoms with van der Waals surface area (Å²) >= 11 is 0. The Bertz CT molecular complexity index is 1240. The number of hydrogen-bond acceptors (Lipinski definition) is 5. The zero-order valence-corrected chi connectivity index (χ0v) is 16.1. The summed E-state index contributed by atoms with van der Waals surface area (Å²) in [6, 6.07) is 18.7. The van der Waals surface area contributed by atoms with E-state index in [0.29, 0.717) is 16.8 Å². The largest absolute Gasteiger partial charge is 0.426 e. The molecule has 2 N–H and O–H groups in total. The lowest BCUT2D eigenvalue weighted by Crippen LogP contribution is -2.14. The Morgan fingerprint density at radius 3 is 2.47 bits per heavy atom. The highest BCUT2D eigenvalue weighted by Crippen LogP contribution is 2.27. The third kappa shape index (κ3) is 3.83. The van der Waals surface area contributed by atoms with Crippen LogP contribution in [0.15, 0.2) is 66.7 Å². The van der Waals surface area contributed by atoms with Gasteiger partial charge >= 0.3 is 0 Å². The third-order valence-corrected chi connectivity index (χ3v) is 4.74. The molecule has 4 aromatic rings. The van der Waals surface area contributed by atoms with Crippen LogP contribution in [0.1, 0.15) is 11.1 Å². The summed E-state index contributed by atoms with van der Waals surface area (Å²) in [5, 5.41) is 24.2. The van der Waals surface area contributed by atoms with Gasteiger partial charge in [-0.3, -0.25) is 14.9 Å². The molecule has 150 valence electrons. The minimum absolute atomic E-state index is 0.129. The zero-order valence-electron chi connectivity index (χ0n) is 16.1. The first-order valence-corrected chi connectivity index (χ1v) is 9.23. The van der Waals surface area contributed by atoms with E-state index in [9.17, 15) is 20.1 Å². The van der Waals surface area contributed by atoms with Crippen LogP contribution in [0.4, 0.5) is 11.4 Å². The van der Waals surface area contributed by atoms with Gasteiger partial charge in [-0.25, -0.2) is 4.98 Å². The minimum atomic E-state index is -0.528. The molecule has 0 aliphatic carbocycles. The van der Waals surface area contributed by atoms with E-state index in [2.05, 4.69) is 10.3 Å². The molecule has 0 spiro atoms. The Morgan fingerprint density at radius 2 is 1.80 bits per heavy atom. The molecule has 0 aliphatic rings. The predicted molar refractivity (Wildman–Crippen MR) is 113 cm³/mol. The molecule has 0 bridgehead atoms. The quantitative estimate of drug-likeness (QED) is 0.293. The highest BCUT2D eigenvalue weighted by atomic mass is 16.6. The summed E-state index contributed by atoms with van der Waals surface area (Å²) in [5.41, 5.74) is 3.84. The summed E-state index contributed by atoms with van der Waals surface area (Å²) in [6.45, 7) is 1.99. The van der Waals surface area contributed by atoms with Gasteiger partial charge in [0.05, 0.1) is 16.9 Å². The lowest BCUT2D eigenvalue weighted by Gasteiger charge is -2.07. The number of nitrogens with one attached hydrogen (secondary N) is 1. The molecule has 1 aromatic heterocycles. The third-order valence-electron chi connectivity index (χ3n) is 4.74. The number of hydrogen-bond donors (Lipinski definition) is 2. The van der Waals surface area contributed by atoms with Crippen molar-refractivity contribution < 1.29 is 14.9 Å². The second-order valence-corrected chi connectivity index (χ2v) is 6.97. The number of fused-ring (bicyclic) bond motifs is 1. The van der Waals surface area contributed by atoms with Gasteiger partial charge in [-0.1, -0.05) is 29.8 Å². The van der Waals surface area contributed by atoms with Gasteiger partial charge in [0, 0.05) is 23.4 Å². The Morgan fingerprint density at radius 1 is 1.10 bits per heavy atom. The van der Waals surface area contributed by atoms with Gasteiger partial charge in [0.2, 0.25) is 5.91 Å². The Labute approximate surface area is 171 Å². The summed E-state index contributed by atoms with van der Waals surface area (Å²) < 4.78 is 0.827. The van der Waals surface area contributed by atoms with E-state index >= 15 is 0 Å². The van der Waals surface area contributed by atoms with E-state index in [0.717, 1.165) is 15.9 Å². The van der Waals surface area contributed by atoms with Crippen molar-refractivity contribution in [3.63, 3.8) is 0 Å². The number of carbonyl (C=O) groups excluding carboxylic acids is 1. The van der Waals surface area contributed by atoms with Gasteiger partial charge in [0.15, 0.2) is 5.82 Å². The van der Waals surface area contributed by atoms with Crippen LogP contribution in [0.3, 0.4) is 0 Å². The first kappa shape index (κ1) is 19.1. The average Bonchev–Trinajstić information content (AvgIpc) is 3.06. The maximum Gasteiger partial charge on any atom is 0.271 e. The van der Waals surface area contributed by atoms with Gasteiger partial charge in [-0.15, -0.1) is 0 Å². The van der Waals surface area contributed by atoms with Crippen LogP contribution in [-0.2, 0) is 11.2 Å². The monoisotopic (exact) mass is 402 g/mol. The van der Waals surface area contributed by atoms with Crippen LogP contribution < -0.4 is 5.32 Å². The molecule has 0 fully saturated rings. The highest BCUT2D eigenvalue weighted by Gasteiger charge is 2.16. The number of anilines is 1. The second kappa shape index (κ2) is 7.67. The summed E-state index contributed by atoms with van der Waals surface area (Å²) in [7, 11) is 0. The fourth-order valence-electron chi connectivity index (χ4n) is 3.15. The number of non-ortho nitro benzene ring substituents is 1. The van der Waals surface area contributed by atoms with Crippen molar-refractivity contribution in [3.05, 3.63) is 88.0 Å². The van der Waals surface area contributed by atoms with Crippen LogP contribution in [0, 0.1) is 17.0 Å². The first-order valence-electron chi connectivity index (χ1n) is 9.23. The summed E-state index contributed by atoms with van der Waals surface area (Å²) in [6.07, 6.45) is 0.271. The van der Waals surface area contributed by atoms with Crippen molar-refractivity contribution in [1.82, 2.24) is 9.71 Å². The minimum Gasteiger partial charge on any atom is -0.426 e. The smallest absolute Gasteiger partial charge is 0.271 e. The molecule has 0 radical (unpaired) electrons. The van der Waals surface area contributed by atoms with Crippen molar-refractivity contribution in [2.45, 2.75) is 13.3 Å². The van der Waals surface area contributed by atoms with Crippen molar-refractivity contribution >= 4 is 28.3 Å². The van der Waals surface area contributed by atoms with E-state index in [-0.39, 0.29) is 29.4 Å². The van der Waals surface area contributed by atoms with Crippen LogP contribution in [0.5, 0.6) is 0 Å². The zero-order chi connectivity index (χ0) is 21.3. The Balaban J connectivity index is 1.52. The number of nitro groups is 1.